The van der Waals surface area contributed by atoms with Crippen LogP contribution in [0.4, 0.5) is 5.69 Å². The van der Waals surface area contributed by atoms with Crippen LogP contribution in [0.25, 0.3) is 10.9 Å². The molecule has 0 unspecified atom stereocenters. The number of hydrogen-bond donors (Lipinski definition) is 1. The molecule has 1 N–H and O–H groups in total. The van der Waals surface area contributed by atoms with Gasteiger partial charge in [0.25, 0.3) is 0 Å². The monoisotopic (exact) mass is 458 g/mol. The number of rotatable bonds is 6. The molecule has 0 spiro atoms. The summed E-state index contributed by atoms with van der Waals surface area (Å²) in [5, 5.41) is 12.0. The Balaban J connectivity index is 1.53. The summed E-state index contributed by atoms with van der Waals surface area (Å²) in [4.78, 5) is 16.1. The molecule has 4 nitrogen and oxygen atoms in total. The van der Waals surface area contributed by atoms with Gasteiger partial charge in [-0.05, 0) is 34.4 Å². The number of amides is 1. The molecular formula is C31H26N2O2. The number of carbonyl (C=O) groups is 1. The number of fused-ring (bicyclic) bond motifs is 2. The maximum absolute atomic E-state index is 14.3. The van der Waals surface area contributed by atoms with Crippen LogP contribution in [0.15, 0.2) is 115 Å². The van der Waals surface area contributed by atoms with E-state index in [0.29, 0.717) is 13.1 Å². The minimum atomic E-state index is -1.16. The molecule has 1 aliphatic heterocycles. The molecule has 0 saturated carbocycles. The number of carbonyl (C=O) groups excluding carboxylic acids is 1. The fourth-order valence-electron chi connectivity index (χ4n) is 5.44. The Labute approximate surface area is 204 Å². The van der Waals surface area contributed by atoms with Gasteiger partial charge in [-0.25, -0.2) is 0 Å². The quantitative estimate of drug-likeness (QED) is 0.364. The maximum Gasteiger partial charge on any atom is 0.244 e. The number of aromatic nitrogens is 1. The molecule has 0 radical (unpaired) electrons. The zero-order valence-electron chi connectivity index (χ0n) is 19.3. The topological polar surface area (TPSA) is 45.5 Å². The van der Waals surface area contributed by atoms with Gasteiger partial charge < -0.3 is 14.6 Å². The molecule has 4 heteroatoms. The lowest BCUT2D eigenvalue weighted by Gasteiger charge is -2.27. The predicted molar refractivity (Wildman–Crippen MR) is 139 cm³/mol. The van der Waals surface area contributed by atoms with Crippen molar-refractivity contribution in [1.82, 2.24) is 4.57 Å². The zero-order chi connectivity index (χ0) is 23.8. The van der Waals surface area contributed by atoms with Crippen molar-refractivity contribution in [1.29, 1.82) is 0 Å². The van der Waals surface area contributed by atoms with Crippen LogP contribution in [0, 0.1) is 0 Å². The van der Waals surface area contributed by atoms with Crippen LogP contribution in [-0.2, 0) is 23.3 Å². The van der Waals surface area contributed by atoms with Crippen molar-refractivity contribution in [3.05, 3.63) is 138 Å². The van der Waals surface area contributed by atoms with E-state index in [1.165, 1.54) is 5.56 Å². The van der Waals surface area contributed by atoms with Crippen molar-refractivity contribution in [2.24, 2.45) is 0 Å². The standard InChI is InChI=1S/C31H26N2O2/c34-22-31(26-16-8-10-18-29(26)33(30(31)35)20-24-13-5-2-6-14-24)27-21-32(19-23-11-3-1-4-12-23)28-17-9-7-15-25(27)28/h1-18,21,34H,19-20,22H2/t31-/m0/s1. The number of para-hydroxylation sites is 2. The van der Waals surface area contributed by atoms with E-state index in [-0.39, 0.29) is 12.5 Å². The summed E-state index contributed by atoms with van der Waals surface area (Å²) >= 11 is 0. The SMILES string of the molecule is O=C1N(Cc2ccccc2)c2ccccc2[C@@]1(CO)c1cn(Cc2ccccc2)c2ccccc12. The molecule has 4 aromatic carbocycles. The van der Waals surface area contributed by atoms with Gasteiger partial charge >= 0.3 is 0 Å². The molecule has 2 heterocycles. The van der Waals surface area contributed by atoms with Crippen molar-refractivity contribution >= 4 is 22.5 Å². The van der Waals surface area contributed by atoms with Gasteiger partial charge in [-0.1, -0.05) is 97.1 Å². The highest BCUT2D eigenvalue weighted by Crippen LogP contribution is 2.48. The Bertz CT molecular complexity index is 1510. The first-order valence-corrected chi connectivity index (χ1v) is 11.9. The number of anilines is 1. The summed E-state index contributed by atoms with van der Waals surface area (Å²) < 4.78 is 2.19. The second-order valence-electron chi connectivity index (χ2n) is 9.13. The number of nitrogens with zero attached hydrogens (tertiary/aromatic N) is 2. The second kappa shape index (κ2) is 8.57. The van der Waals surface area contributed by atoms with E-state index in [1.807, 2.05) is 89.8 Å². The second-order valence-corrected chi connectivity index (χ2v) is 9.13. The Morgan fingerprint density at radius 3 is 1.97 bits per heavy atom. The van der Waals surface area contributed by atoms with Crippen LogP contribution < -0.4 is 4.90 Å². The number of hydrogen-bond acceptors (Lipinski definition) is 2. The van der Waals surface area contributed by atoms with Crippen LogP contribution in [0.3, 0.4) is 0 Å². The smallest absolute Gasteiger partial charge is 0.244 e. The van der Waals surface area contributed by atoms with Gasteiger partial charge in [0.05, 0.1) is 13.2 Å². The third-order valence-electron chi connectivity index (χ3n) is 7.13. The fraction of sp³-hybridized carbons (Fsp3) is 0.129. The third-order valence-corrected chi connectivity index (χ3v) is 7.13. The average molecular weight is 459 g/mol. The summed E-state index contributed by atoms with van der Waals surface area (Å²) in [6.07, 6.45) is 2.06. The van der Waals surface area contributed by atoms with E-state index >= 15 is 0 Å². The van der Waals surface area contributed by atoms with Gasteiger partial charge in [-0.3, -0.25) is 4.79 Å². The first-order valence-electron chi connectivity index (χ1n) is 11.9. The minimum absolute atomic E-state index is 0.0901. The van der Waals surface area contributed by atoms with Crippen molar-refractivity contribution in [2.75, 3.05) is 11.5 Å². The van der Waals surface area contributed by atoms with Gasteiger partial charge in [-0.2, -0.15) is 0 Å². The van der Waals surface area contributed by atoms with Crippen LogP contribution in [-0.4, -0.2) is 22.2 Å². The molecule has 5 aromatic rings. The normalized spacial score (nSPS) is 17.2. The van der Waals surface area contributed by atoms with Crippen molar-refractivity contribution in [2.45, 2.75) is 18.5 Å². The Hall–Kier alpha value is -4.15. The molecule has 0 fully saturated rings. The molecule has 1 atom stereocenters. The summed E-state index contributed by atoms with van der Waals surface area (Å²) in [7, 11) is 0. The summed E-state index contributed by atoms with van der Waals surface area (Å²) in [5.41, 5.74) is 4.68. The van der Waals surface area contributed by atoms with E-state index in [0.717, 1.165) is 33.3 Å². The summed E-state index contributed by atoms with van der Waals surface area (Å²) in [5.74, 6) is -0.0901. The molecule has 1 aromatic heterocycles. The molecule has 0 bridgehead atoms. The van der Waals surface area contributed by atoms with Crippen molar-refractivity contribution in [3.8, 4) is 0 Å². The Morgan fingerprint density at radius 1 is 0.657 bits per heavy atom. The number of benzene rings is 4. The van der Waals surface area contributed by atoms with E-state index in [4.69, 9.17) is 0 Å². The van der Waals surface area contributed by atoms with E-state index in [1.54, 1.807) is 0 Å². The van der Waals surface area contributed by atoms with Crippen molar-refractivity contribution in [3.63, 3.8) is 0 Å². The van der Waals surface area contributed by atoms with E-state index < -0.39 is 5.41 Å². The Morgan fingerprint density at radius 2 is 1.26 bits per heavy atom. The number of aliphatic hydroxyl groups is 1. The van der Waals surface area contributed by atoms with Crippen LogP contribution in [0.1, 0.15) is 22.3 Å². The van der Waals surface area contributed by atoms with Crippen LogP contribution in [0.2, 0.25) is 0 Å². The zero-order valence-corrected chi connectivity index (χ0v) is 19.3. The minimum Gasteiger partial charge on any atom is -0.395 e. The predicted octanol–water partition coefficient (Wildman–Crippen LogP) is 5.51. The summed E-state index contributed by atoms with van der Waals surface area (Å²) in [6.45, 7) is 0.848. The molecular weight excluding hydrogens is 432 g/mol. The van der Waals surface area contributed by atoms with Gasteiger partial charge in [-0.15, -0.1) is 0 Å². The lowest BCUT2D eigenvalue weighted by Crippen LogP contribution is -2.43. The van der Waals surface area contributed by atoms with Gasteiger partial charge in [0, 0.05) is 29.3 Å². The van der Waals surface area contributed by atoms with Gasteiger partial charge in [0.1, 0.15) is 5.41 Å². The molecule has 172 valence electrons. The Kier molecular flexibility index (Phi) is 5.24. The average Bonchev–Trinajstić information content (AvgIpc) is 3.39. The fourth-order valence-corrected chi connectivity index (χ4v) is 5.44. The third kappa shape index (κ3) is 3.37. The van der Waals surface area contributed by atoms with E-state index in [2.05, 4.69) is 35.0 Å². The first-order chi connectivity index (χ1) is 17.2. The lowest BCUT2D eigenvalue weighted by molar-refractivity contribution is -0.123. The molecule has 0 aliphatic carbocycles. The highest BCUT2D eigenvalue weighted by atomic mass is 16.3. The molecule has 1 aliphatic rings. The molecule has 35 heavy (non-hydrogen) atoms. The molecule has 0 saturated heterocycles. The van der Waals surface area contributed by atoms with Crippen molar-refractivity contribution < 1.29 is 9.90 Å². The highest BCUT2D eigenvalue weighted by molar-refractivity contribution is 6.12. The van der Waals surface area contributed by atoms with Gasteiger partial charge in [0.2, 0.25) is 5.91 Å². The van der Waals surface area contributed by atoms with Crippen LogP contribution >= 0.6 is 0 Å². The maximum atomic E-state index is 14.3. The molecule has 1 amide bonds. The van der Waals surface area contributed by atoms with Gasteiger partial charge in [0.15, 0.2) is 0 Å². The highest BCUT2D eigenvalue weighted by Gasteiger charge is 2.53. The lowest BCUT2D eigenvalue weighted by atomic mass is 9.76. The summed E-state index contributed by atoms with van der Waals surface area (Å²) in [6, 6.07) is 36.3. The number of aliphatic hydroxyl groups excluding tert-OH is 1. The largest absolute Gasteiger partial charge is 0.395 e. The first kappa shape index (κ1) is 21.4. The van der Waals surface area contributed by atoms with Crippen LogP contribution in [0.5, 0.6) is 0 Å². The molecule has 6 rings (SSSR count). The van der Waals surface area contributed by atoms with E-state index in [9.17, 15) is 9.90 Å².